The third-order valence-electron chi connectivity index (χ3n) is 5.00. The van der Waals surface area contributed by atoms with Gasteiger partial charge in [-0.05, 0) is 42.9 Å². The number of nitrogens with zero attached hydrogens (tertiary/aromatic N) is 2. The summed E-state index contributed by atoms with van der Waals surface area (Å²) in [6.45, 7) is 5.36. The molecular weight excluding hydrogens is 318 g/mol. The van der Waals surface area contributed by atoms with Crippen LogP contribution in [0.2, 0.25) is 0 Å². The maximum atomic E-state index is 12.6. The summed E-state index contributed by atoms with van der Waals surface area (Å²) in [4.78, 5) is 28.4. The molecule has 0 aliphatic carbocycles. The highest BCUT2D eigenvalue weighted by Gasteiger charge is 2.40. The van der Waals surface area contributed by atoms with Crippen LogP contribution in [0.5, 0.6) is 5.75 Å². The van der Waals surface area contributed by atoms with Crippen molar-refractivity contribution in [2.75, 3.05) is 20.3 Å². The van der Waals surface area contributed by atoms with Gasteiger partial charge >= 0.3 is 6.03 Å². The molecule has 6 heteroatoms. The normalized spacial score (nSPS) is 24.2. The number of methoxy groups -OCH3 is 1. The Bertz CT molecular complexity index is 629. The number of nitrogens with one attached hydrogen (secondary N) is 1. The van der Waals surface area contributed by atoms with Gasteiger partial charge in [0, 0.05) is 12.6 Å². The van der Waals surface area contributed by atoms with Crippen LogP contribution in [0.15, 0.2) is 24.3 Å². The molecule has 1 N–H and O–H groups in total. The predicted octanol–water partition coefficient (Wildman–Crippen LogP) is 2.76. The highest BCUT2D eigenvalue weighted by Crippen LogP contribution is 2.33. The minimum absolute atomic E-state index is 0.0981. The molecule has 1 aromatic rings. The number of ether oxygens (including phenoxy) is 1. The molecule has 1 aromatic carbocycles. The molecule has 0 aromatic heterocycles. The number of amides is 3. The van der Waals surface area contributed by atoms with E-state index in [2.05, 4.69) is 36.2 Å². The zero-order chi connectivity index (χ0) is 18.0. The van der Waals surface area contributed by atoms with Crippen LogP contribution in [0, 0.1) is 5.92 Å². The van der Waals surface area contributed by atoms with Gasteiger partial charge in [0.1, 0.15) is 11.8 Å². The molecule has 2 atom stereocenters. The Morgan fingerprint density at radius 1 is 1.24 bits per heavy atom. The summed E-state index contributed by atoms with van der Waals surface area (Å²) in [5.74, 6) is 1.10. The highest BCUT2D eigenvalue weighted by atomic mass is 16.5. The molecule has 0 unspecified atom stereocenters. The Kier molecular flexibility index (Phi) is 5.27. The molecule has 2 aliphatic rings. The van der Waals surface area contributed by atoms with Gasteiger partial charge in [0.05, 0.1) is 13.8 Å². The first-order valence-electron chi connectivity index (χ1n) is 8.99. The number of hydrogen-bond acceptors (Lipinski definition) is 4. The third kappa shape index (κ3) is 3.79. The van der Waals surface area contributed by atoms with E-state index in [1.807, 2.05) is 12.1 Å². The molecule has 3 amide bonds. The van der Waals surface area contributed by atoms with Crippen LogP contribution >= 0.6 is 0 Å². The summed E-state index contributed by atoms with van der Waals surface area (Å²) >= 11 is 0. The lowest BCUT2D eigenvalue weighted by Gasteiger charge is -2.28. The van der Waals surface area contributed by atoms with Crippen LogP contribution in [0.1, 0.15) is 44.7 Å². The van der Waals surface area contributed by atoms with Crippen LogP contribution in [-0.4, -0.2) is 48.1 Å². The maximum Gasteiger partial charge on any atom is 0.325 e. The molecule has 2 aliphatic heterocycles. The molecule has 6 nitrogen and oxygen atoms in total. The van der Waals surface area contributed by atoms with Crippen LogP contribution in [0.3, 0.4) is 0 Å². The smallest absolute Gasteiger partial charge is 0.325 e. The Morgan fingerprint density at radius 2 is 1.96 bits per heavy atom. The average Bonchev–Trinajstić information content (AvgIpc) is 3.15. The van der Waals surface area contributed by atoms with Crippen molar-refractivity contribution in [1.82, 2.24) is 15.1 Å². The number of carbonyl (C=O) groups is 2. The van der Waals surface area contributed by atoms with E-state index in [9.17, 15) is 9.59 Å². The fourth-order valence-corrected chi connectivity index (χ4v) is 3.72. The van der Waals surface area contributed by atoms with Crippen LogP contribution < -0.4 is 10.1 Å². The van der Waals surface area contributed by atoms with E-state index in [0.29, 0.717) is 19.0 Å². The fourth-order valence-electron chi connectivity index (χ4n) is 3.72. The first-order chi connectivity index (χ1) is 12.0. The van der Waals surface area contributed by atoms with Crippen molar-refractivity contribution in [3.05, 3.63) is 29.8 Å². The van der Waals surface area contributed by atoms with Crippen molar-refractivity contribution >= 4 is 11.9 Å². The van der Waals surface area contributed by atoms with Gasteiger partial charge in [0.2, 0.25) is 0 Å². The fraction of sp³-hybridized carbons (Fsp3) is 0.579. The molecular formula is C19H27N3O3. The van der Waals surface area contributed by atoms with Gasteiger partial charge in [-0.1, -0.05) is 26.0 Å². The highest BCUT2D eigenvalue weighted by molar-refractivity contribution is 6.04. The Morgan fingerprint density at radius 3 is 2.60 bits per heavy atom. The van der Waals surface area contributed by atoms with Gasteiger partial charge in [0.15, 0.2) is 0 Å². The van der Waals surface area contributed by atoms with Crippen molar-refractivity contribution in [2.45, 2.75) is 45.2 Å². The summed E-state index contributed by atoms with van der Waals surface area (Å²) in [7, 11) is 1.65. The summed E-state index contributed by atoms with van der Waals surface area (Å²) < 4.78 is 5.22. The van der Waals surface area contributed by atoms with Crippen LogP contribution in [-0.2, 0) is 4.79 Å². The zero-order valence-electron chi connectivity index (χ0n) is 15.2. The van der Waals surface area contributed by atoms with Gasteiger partial charge in [-0.15, -0.1) is 0 Å². The second kappa shape index (κ2) is 7.44. The lowest BCUT2D eigenvalue weighted by atomic mass is 10.0. The van der Waals surface area contributed by atoms with E-state index in [1.54, 1.807) is 7.11 Å². The second-order valence-corrected chi connectivity index (χ2v) is 7.28. The number of urea groups is 1. The van der Waals surface area contributed by atoms with E-state index < -0.39 is 0 Å². The van der Waals surface area contributed by atoms with E-state index in [4.69, 9.17) is 4.74 Å². The summed E-state index contributed by atoms with van der Waals surface area (Å²) in [5.41, 5.74) is 1.20. The third-order valence-corrected chi connectivity index (χ3v) is 5.00. The molecule has 25 heavy (non-hydrogen) atoms. The van der Waals surface area contributed by atoms with Crippen molar-refractivity contribution in [3.63, 3.8) is 0 Å². The second-order valence-electron chi connectivity index (χ2n) is 7.28. The van der Waals surface area contributed by atoms with E-state index in [0.717, 1.165) is 25.1 Å². The van der Waals surface area contributed by atoms with Crippen molar-refractivity contribution < 1.29 is 14.3 Å². The Labute approximate surface area is 149 Å². The van der Waals surface area contributed by atoms with Gasteiger partial charge in [-0.3, -0.25) is 9.69 Å². The van der Waals surface area contributed by atoms with E-state index in [-0.39, 0.29) is 24.0 Å². The minimum Gasteiger partial charge on any atom is -0.497 e. The molecule has 2 heterocycles. The Hall–Kier alpha value is -2.08. The number of benzene rings is 1. The molecule has 2 fully saturated rings. The maximum absolute atomic E-state index is 12.6. The first kappa shape index (κ1) is 17.7. The van der Waals surface area contributed by atoms with Crippen LogP contribution in [0.25, 0.3) is 0 Å². The molecule has 0 radical (unpaired) electrons. The molecule has 2 saturated heterocycles. The van der Waals surface area contributed by atoms with E-state index in [1.165, 1.54) is 10.5 Å². The minimum atomic E-state index is -0.380. The molecule has 136 valence electrons. The quantitative estimate of drug-likeness (QED) is 0.806. The number of likely N-dealkylation sites (tertiary alicyclic amines) is 1. The predicted molar refractivity (Wildman–Crippen MR) is 95.2 cm³/mol. The monoisotopic (exact) mass is 345 g/mol. The number of carbonyl (C=O) groups excluding carboxylic acids is 2. The van der Waals surface area contributed by atoms with Gasteiger partial charge in [-0.2, -0.15) is 0 Å². The average molecular weight is 345 g/mol. The molecule has 3 rings (SSSR count). The van der Waals surface area contributed by atoms with Gasteiger partial charge < -0.3 is 10.1 Å². The topological polar surface area (TPSA) is 61.9 Å². The van der Waals surface area contributed by atoms with Crippen molar-refractivity contribution in [2.24, 2.45) is 5.92 Å². The summed E-state index contributed by atoms with van der Waals surface area (Å²) in [6.07, 6.45) is 2.78. The lowest BCUT2D eigenvalue weighted by molar-refractivity contribution is -0.129. The molecule has 0 spiro atoms. The summed E-state index contributed by atoms with van der Waals surface area (Å²) in [6, 6.07) is 7.63. The van der Waals surface area contributed by atoms with Crippen LogP contribution in [0.4, 0.5) is 4.79 Å². The SMILES string of the molecule is COc1ccc([C@@H]2CCCN2CN2C(=O)N[C@@H](CC(C)C)C2=O)cc1. The van der Waals surface area contributed by atoms with Crippen molar-refractivity contribution in [1.29, 1.82) is 0 Å². The van der Waals surface area contributed by atoms with E-state index >= 15 is 0 Å². The van der Waals surface area contributed by atoms with Gasteiger partial charge in [-0.25, -0.2) is 9.69 Å². The van der Waals surface area contributed by atoms with Gasteiger partial charge in [0.25, 0.3) is 5.91 Å². The molecule has 0 bridgehead atoms. The molecule has 0 saturated carbocycles. The first-order valence-corrected chi connectivity index (χ1v) is 8.99. The van der Waals surface area contributed by atoms with Crippen molar-refractivity contribution in [3.8, 4) is 5.75 Å². The number of hydrogen-bond donors (Lipinski definition) is 1. The Balaban J connectivity index is 1.68. The summed E-state index contributed by atoms with van der Waals surface area (Å²) in [5, 5.41) is 2.82. The number of imide groups is 1. The zero-order valence-corrected chi connectivity index (χ0v) is 15.2. The number of rotatable bonds is 6. The lowest BCUT2D eigenvalue weighted by Crippen LogP contribution is -2.41. The standard InChI is InChI=1S/C19H27N3O3/c1-13(2)11-16-18(23)22(19(24)20-16)12-21-10-4-5-17(21)14-6-8-15(25-3)9-7-14/h6-9,13,16-17H,4-5,10-12H2,1-3H3,(H,20,24)/t16-,17-/m0/s1. The largest absolute Gasteiger partial charge is 0.497 e.